The van der Waals surface area contributed by atoms with Gasteiger partial charge in [0.2, 0.25) is 0 Å². The van der Waals surface area contributed by atoms with Gasteiger partial charge in [0.05, 0.1) is 11.6 Å². The molecule has 1 aliphatic heterocycles. The zero-order valence-electron chi connectivity index (χ0n) is 23.5. The zero-order chi connectivity index (χ0) is 28.4. The number of carbonyl (C=O) groups excluding carboxylic acids is 1. The van der Waals surface area contributed by atoms with Crippen LogP contribution in [-0.4, -0.2) is 77.6 Å². The molecule has 1 saturated heterocycles. The molecule has 2 aliphatic rings. The lowest BCUT2D eigenvalue weighted by molar-refractivity contribution is -0.0412. The first kappa shape index (κ1) is 27.7. The van der Waals surface area contributed by atoms with E-state index < -0.39 is 0 Å². The van der Waals surface area contributed by atoms with E-state index in [1.165, 1.54) is 6.07 Å². The molecule has 0 amide bonds. The van der Waals surface area contributed by atoms with E-state index >= 15 is 0 Å². The first-order chi connectivity index (χ1) is 19.3. The Hall–Kier alpha value is -3.83. The first-order valence-electron chi connectivity index (χ1n) is 13.5. The van der Waals surface area contributed by atoms with Gasteiger partial charge < -0.3 is 25.0 Å². The van der Waals surface area contributed by atoms with E-state index in [4.69, 9.17) is 9.47 Å². The van der Waals surface area contributed by atoms with Crippen LogP contribution in [0.15, 0.2) is 36.7 Å². The second-order valence-corrected chi connectivity index (χ2v) is 10.6. The lowest BCUT2D eigenvalue weighted by atomic mass is 9.92. The number of halogens is 1. The number of benzene rings is 2. The Balaban J connectivity index is 0.000000207. The molecule has 2 N–H and O–H groups in total. The van der Waals surface area contributed by atoms with E-state index in [0.29, 0.717) is 34.7 Å². The molecule has 2 aromatic carbocycles. The molecular weight excluding hydrogens is 513 g/mol. The van der Waals surface area contributed by atoms with Crippen LogP contribution in [0.4, 0.5) is 15.8 Å². The highest BCUT2D eigenvalue weighted by atomic mass is 19.1. The SMILES string of the molecule is CNc1cc(F)c2nn(C)cc2c1.COC1CC(Oc2ncc3c(N4CC(C)NC(C)C4)ccc(C=O)c3n2)C1. The predicted molar refractivity (Wildman–Crippen MR) is 154 cm³/mol. The number of piperazine rings is 1. The van der Waals surface area contributed by atoms with Crippen molar-refractivity contribution < 1.29 is 18.7 Å². The second kappa shape index (κ2) is 11.7. The van der Waals surface area contributed by atoms with Crippen molar-refractivity contribution in [3.05, 3.63) is 48.0 Å². The largest absolute Gasteiger partial charge is 0.460 e. The molecule has 40 heavy (non-hydrogen) atoms. The summed E-state index contributed by atoms with van der Waals surface area (Å²) in [6.07, 6.45) is 6.43. The monoisotopic (exact) mass is 549 g/mol. The van der Waals surface area contributed by atoms with Crippen molar-refractivity contribution in [2.75, 3.05) is 37.5 Å². The van der Waals surface area contributed by atoms with Crippen molar-refractivity contribution in [3.63, 3.8) is 0 Å². The third kappa shape index (κ3) is 5.85. The van der Waals surface area contributed by atoms with Crippen LogP contribution in [0.25, 0.3) is 21.8 Å². The highest BCUT2D eigenvalue weighted by Gasteiger charge is 2.31. The molecule has 4 aromatic rings. The lowest BCUT2D eigenvalue weighted by Gasteiger charge is -2.38. The predicted octanol–water partition coefficient (Wildman–Crippen LogP) is 3.94. The number of aromatic nitrogens is 4. The van der Waals surface area contributed by atoms with Crippen LogP contribution in [-0.2, 0) is 11.8 Å². The highest BCUT2D eigenvalue weighted by Crippen LogP contribution is 2.31. The summed E-state index contributed by atoms with van der Waals surface area (Å²) in [5.74, 6) is -0.289. The molecule has 1 aliphatic carbocycles. The van der Waals surface area contributed by atoms with E-state index in [2.05, 4.69) is 44.4 Å². The fraction of sp³-hybridized carbons (Fsp3) is 0.448. The normalized spacial score (nSPS) is 22.4. The number of nitrogens with one attached hydrogen (secondary N) is 2. The van der Waals surface area contributed by atoms with Gasteiger partial charge in [-0.3, -0.25) is 9.48 Å². The van der Waals surface area contributed by atoms with Crippen LogP contribution in [0, 0.1) is 5.82 Å². The van der Waals surface area contributed by atoms with Crippen molar-refractivity contribution >= 4 is 39.5 Å². The van der Waals surface area contributed by atoms with Crippen LogP contribution in [0.5, 0.6) is 6.01 Å². The Bertz CT molecular complexity index is 1490. The molecule has 212 valence electrons. The molecule has 2 atom stereocenters. The minimum absolute atomic E-state index is 0.0742. The van der Waals surface area contributed by atoms with Gasteiger partial charge in [0.15, 0.2) is 12.1 Å². The zero-order valence-corrected chi connectivity index (χ0v) is 23.5. The Morgan fingerprint density at radius 3 is 2.55 bits per heavy atom. The number of aldehydes is 1. The summed E-state index contributed by atoms with van der Waals surface area (Å²) in [7, 11) is 5.25. The Labute approximate surface area is 232 Å². The van der Waals surface area contributed by atoms with Crippen molar-refractivity contribution in [1.29, 1.82) is 0 Å². The smallest absolute Gasteiger partial charge is 0.317 e. The maximum atomic E-state index is 13.3. The van der Waals surface area contributed by atoms with Crippen LogP contribution in [0.3, 0.4) is 0 Å². The number of ether oxygens (including phenoxy) is 2. The fourth-order valence-corrected chi connectivity index (χ4v) is 5.37. The molecule has 10 nitrogen and oxygen atoms in total. The fourth-order valence-electron chi connectivity index (χ4n) is 5.37. The number of hydrogen-bond acceptors (Lipinski definition) is 9. The van der Waals surface area contributed by atoms with Gasteiger partial charge in [-0.25, -0.2) is 9.37 Å². The van der Waals surface area contributed by atoms with Crippen molar-refractivity contribution in [2.45, 2.75) is 51.0 Å². The Morgan fingerprint density at radius 2 is 1.88 bits per heavy atom. The number of hydrogen-bond donors (Lipinski definition) is 2. The molecule has 1 saturated carbocycles. The van der Waals surface area contributed by atoms with Gasteiger partial charge in [0.1, 0.15) is 11.6 Å². The van der Waals surface area contributed by atoms with Gasteiger partial charge in [0.25, 0.3) is 0 Å². The molecule has 6 rings (SSSR count). The molecule has 3 heterocycles. The molecule has 2 unspecified atom stereocenters. The summed E-state index contributed by atoms with van der Waals surface area (Å²) < 4.78 is 26.1. The topological polar surface area (TPSA) is 106 Å². The van der Waals surface area contributed by atoms with Crippen LogP contribution >= 0.6 is 0 Å². The molecular formula is C29H36FN7O3. The maximum Gasteiger partial charge on any atom is 0.317 e. The number of rotatable bonds is 6. The molecule has 0 spiro atoms. The quantitative estimate of drug-likeness (QED) is 0.346. The van der Waals surface area contributed by atoms with Crippen LogP contribution in [0.2, 0.25) is 0 Å². The summed E-state index contributed by atoms with van der Waals surface area (Å²) in [4.78, 5) is 22.9. The summed E-state index contributed by atoms with van der Waals surface area (Å²) >= 11 is 0. The molecule has 2 fully saturated rings. The number of anilines is 2. The number of nitrogens with zero attached hydrogens (tertiary/aromatic N) is 5. The molecule has 0 bridgehead atoms. The van der Waals surface area contributed by atoms with Crippen molar-refractivity contribution in [1.82, 2.24) is 25.1 Å². The average molecular weight is 550 g/mol. The lowest BCUT2D eigenvalue weighted by Crippen LogP contribution is -2.54. The highest BCUT2D eigenvalue weighted by molar-refractivity contribution is 6.01. The van der Waals surface area contributed by atoms with E-state index in [1.807, 2.05) is 18.2 Å². The van der Waals surface area contributed by atoms with Gasteiger partial charge in [-0.2, -0.15) is 10.1 Å². The molecule has 0 radical (unpaired) electrons. The maximum absolute atomic E-state index is 13.3. The average Bonchev–Trinajstić information content (AvgIpc) is 3.30. The van der Waals surface area contributed by atoms with Gasteiger partial charge >= 0.3 is 6.01 Å². The summed E-state index contributed by atoms with van der Waals surface area (Å²) in [6.45, 7) is 6.16. The van der Waals surface area contributed by atoms with Gasteiger partial charge in [-0.1, -0.05) is 0 Å². The van der Waals surface area contributed by atoms with Gasteiger partial charge in [0, 0.05) is 99.3 Å². The summed E-state index contributed by atoms with van der Waals surface area (Å²) in [5, 5.41) is 12.1. The number of aryl methyl sites for hydroxylation is 1. The Kier molecular flexibility index (Phi) is 8.13. The van der Waals surface area contributed by atoms with Crippen LogP contribution in [0.1, 0.15) is 37.0 Å². The van der Waals surface area contributed by atoms with Crippen molar-refractivity contribution in [3.8, 4) is 6.01 Å². The number of carbonyl (C=O) groups is 1. The number of fused-ring (bicyclic) bond motifs is 2. The van der Waals surface area contributed by atoms with Gasteiger partial charge in [-0.05, 0) is 38.1 Å². The standard InChI is InChI=1S/C20H26N4O3.C9H10FN3/c1-12-9-24(10-13(2)22-12)18-5-4-14(11-25)19-17(18)8-21-20(23-19)27-16-6-15(7-16)26-3;1-11-7-3-6-5-13(2)12-9(6)8(10)4-7/h4-5,8,11-13,15-16,22H,6-7,9-10H2,1-3H3;3-5,11H,1-2H3. The van der Waals surface area contributed by atoms with Crippen LogP contribution < -0.4 is 20.3 Å². The van der Waals surface area contributed by atoms with E-state index in [1.54, 1.807) is 38.3 Å². The minimum Gasteiger partial charge on any atom is -0.460 e. The second-order valence-electron chi connectivity index (χ2n) is 10.6. The minimum atomic E-state index is -0.289. The third-order valence-electron chi connectivity index (χ3n) is 7.38. The molecule has 2 aromatic heterocycles. The number of methoxy groups -OCH3 is 1. The third-order valence-corrected chi connectivity index (χ3v) is 7.38. The summed E-state index contributed by atoms with van der Waals surface area (Å²) in [6, 6.07) is 8.25. The Morgan fingerprint density at radius 1 is 1.12 bits per heavy atom. The molecule has 11 heteroatoms. The van der Waals surface area contributed by atoms with E-state index in [0.717, 1.165) is 54.4 Å². The van der Waals surface area contributed by atoms with Crippen molar-refractivity contribution in [2.24, 2.45) is 7.05 Å². The first-order valence-corrected chi connectivity index (χ1v) is 13.5. The summed E-state index contributed by atoms with van der Waals surface area (Å²) in [5.41, 5.74) is 3.44. The van der Waals surface area contributed by atoms with Gasteiger partial charge in [-0.15, -0.1) is 0 Å². The van der Waals surface area contributed by atoms with E-state index in [-0.39, 0.29) is 18.0 Å². The van der Waals surface area contributed by atoms with E-state index in [9.17, 15) is 9.18 Å².